The van der Waals surface area contributed by atoms with Crippen LogP contribution < -0.4 is 0 Å². The van der Waals surface area contributed by atoms with Gasteiger partial charge in [-0.3, -0.25) is 0 Å². The van der Waals surface area contributed by atoms with Gasteiger partial charge in [0.1, 0.15) is 53.1 Å². The molecule has 8 heteroatoms. The van der Waals surface area contributed by atoms with E-state index in [1.165, 1.54) is 54.7 Å². The molecule has 1 unspecified atom stereocenters. The summed E-state index contributed by atoms with van der Waals surface area (Å²) in [6, 6.07) is 14.1. The molecule has 0 radical (unpaired) electrons. The van der Waals surface area contributed by atoms with Crippen molar-refractivity contribution in [2.24, 2.45) is 11.3 Å². The van der Waals surface area contributed by atoms with Gasteiger partial charge in [-0.2, -0.15) is 42.1 Å². The first-order valence-electron chi connectivity index (χ1n) is 8.64. The molecule has 0 heterocycles. The van der Waals surface area contributed by atoms with E-state index in [-0.39, 0.29) is 27.9 Å². The van der Waals surface area contributed by atoms with Crippen molar-refractivity contribution in [3.63, 3.8) is 0 Å². The molecule has 1 atom stereocenters. The summed E-state index contributed by atoms with van der Waals surface area (Å²) in [7, 11) is 0. The molecular formula is C24H10N8. The van der Waals surface area contributed by atoms with E-state index in [9.17, 15) is 10.5 Å². The molecule has 0 aromatic carbocycles. The van der Waals surface area contributed by atoms with Gasteiger partial charge >= 0.3 is 0 Å². The quantitative estimate of drug-likeness (QED) is 0.468. The lowest BCUT2D eigenvalue weighted by Gasteiger charge is -2.43. The zero-order chi connectivity index (χ0) is 24.0. The molecule has 0 bridgehead atoms. The maximum Gasteiger partial charge on any atom is 0.129 e. The molecule has 146 valence electrons. The van der Waals surface area contributed by atoms with E-state index in [2.05, 4.69) is 0 Å². The number of hydrogen-bond donors (Lipinski definition) is 0. The molecule has 0 spiro atoms. The average Bonchev–Trinajstić information content (AvgIpc) is 2.82. The molecule has 1 aliphatic carbocycles. The van der Waals surface area contributed by atoms with Crippen LogP contribution >= 0.6 is 0 Å². The van der Waals surface area contributed by atoms with Crippen molar-refractivity contribution in [1.29, 1.82) is 42.1 Å². The first-order valence-corrected chi connectivity index (χ1v) is 8.64. The minimum absolute atomic E-state index is 0.0969. The third-order valence-electron chi connectivity index (χ3n) is 4.32. The fourth-order valence-electron chi connectivity index (χ4n) is 2.84. The predicted octanol–water partition coefficient (Wildman–Crippen LogP) is 3.54. The summed E-state index contributed by atoms with van der Waals surface area (Å²) in [5, 5.41) is 72.4. The lowest BCUT2D eigenvalue weighted by molar-refractivity contribution is 0.423. The fourth-order valence-corrected chi connectivity index (χ4v) is 2.84. The Morgan fingerprint density at radius 2 is 1.00 bits per heavy atom. The van der Waals surface area contributed by atoms with Gasteiger partial charge in [0.05, 0.1) is 28.7 Å². The summed E-state index contributed by atoms with van der Waals surface area (Å²) in [6.45, 7) is 0. The number of allylic oxidation sites excluding steroid dienone is 14. The van der Waals surface area contributed by atoms with Gasteiger partial charge in [-0.15, -0.1) is 0 Å². The largest absolute Gasteiger partial charge is 0.193 e. The Labute approximate surface area is 184 Å². The second-order valence-electron chi connectivity index (χ2n) is 5.94. The number of hydrogen-bond acceptors (Lipinski definition) is 8. The Bertz CT molecular complexity index is 1250. The third kappa shape index (κ3) is 5.12. The summed E-state index contributed by atoms with van der Waals surface area (Å²) in [5.41, 5.74) is -1.46. The summed E-state index contributed by atoms with van der Waals surface area (Å²) >= 11 is 0. The van der Waals surface area contributed by atoms with Gasteiger partial charge < -0.3 is 0 Å². The highest BCUT2D eigenvalue weighted by Crippen LogP contribution is 2.54. The third-order valence-corrected chi connectivity index (χ3v) is 4.32. The van der Waals surface area contributed by atoms with Crippen LogP contribution in [0.5, 0.6) is 0 Å². The Morgan fingerprint density at radius 1 is 0.594 bits per heavy atom. The van der Waals surface area contributed by atoms with Crippen molar-refractivity contribution in [3.8, 4) is 48.6 Å². The summed E-state index contributed by atoms with van der Waals surface area (Å²) in [5.74, 6) is -0.688. The number of nitrogens with zero attached hydrogens (tertiary/aromatic N) is 8. The van der Waals surface area contributed by atoms with E-state index in [4.69, 9.17) is 31.6 Å². The monoisotopic (exact) mass is 410 g/mol. The highest BCUT2D eigenvalue weighted by atomic mass is 14.5. The van der Waals surface area contributed by atoms with Gasteiger partial charge in [-0.25, -0.2) is 0 Å². The number of nitriles is 8. The Kier molecular flexibility index (Phi) is 8.93. The van der Waals surface area contributed by atoms with Crippen LogP contribution in [0.25, 0.3) is 0 Å². The summed E-state index contributed by atoms with van der Waals surface area (Å²) < 4.78 is 0. The first kappa shape index (κ1) is 24.1. The van der Waals surface area contributed by atoms with E-state index in [1.807, 2.05) is 12.1 Å². The van der Waals surface area contributed by atoms with Crippen molar-refractivity contribution < 1.29 is 0 Å². The SMILES string of the molecule is N#CC(C#N)=CC=CC1C(C#N)=C(C#N)C1(C=CC=C(C#N)C#N)C=CC=C(C#N)C#N. The van der Waals surface area contributed by atoms with Crippen molar-refractivity contribution in [3.05, 3.63) is 82.5 Å². The Hall–Kier alpha value is -5.90. The average molecular weight is 410 g/mol. The zero-order valence-corrected chi connectivity index (χ0v) is 16.4. The highest BCUT2D eigenvalue weighted by Gasteiger charge is 2.50. The van der Waals surface area contributed by atoms with E-state index in [0.717, 1.165) is 0 Å². The second-order valence-corrected chi connectivity index (χ2v) is 5.94. The van der Waals surface area contributed by atoms with Crippen LogP contribution in [0, 0.1) is 102 Å². The molecule has 0 saturated carbocycles. The molecule has 8 nitrogen and oxygen atoms in total. The lowest BCUT2D eigenvalue weighted by atomic mass is 9.56. The van der Waals surface area contributed by atoms with Crippen LogP contribution in [-0.4, -0.2) is 0 Å². The topological polar surface area (TPSA) is 190 Å². The van der Waals surface area contributed by atoms with Crippen molar-refractivity contribution in [1.82, 2.24) is 0 Å². The van der Waals surface area contributed by atoms with Crippen LogP contribution in [0.15, 0.2) is 82.5 Å². The minimum atomic E-state index is -1.19. The van der Waals surface area contributed by atoms with Gasteiger partial charge in [0.2, 0.25) is 0 Å². The normalized spacial score (nSPS) is 18.3. The molecule has 1 rings (SSSR count). The second kappa shape index (κ2) is 11.8. The fraction of sp³-hybridized carbons (Fsp3) is 0.0833. The van der Waals surface area contributed by atoms with E-state index in [0.29, 0.717) is 0 Å². The molecule has 0 amide bonds. The maximum atomic E-state index is 9.64. The van der Waals surface area contributed by atoms with Gasteiger partial charge in [-0.05, 0) is 18.2 Å². The van der Waals surface area contributed by atoms with Gasteiger partial charge in [0.25, 0.3) is 0 Å². The molecule has 0 aromatic heterocycles. The van der Waals surface area contributed by atoms with Crippen LogP contribution in [0.4, 0.5) is 0 Å². The van der Waals surface area contributed by atoms with E-state index in [1.54, 1.807) is 36.4 Å². The van der Waals surface area contributed by atoms with Crippen LogP contribution in [-0.2, 0) is 0 Å². The number of rotatable bonds is 6. The molecule has 1 aliphatic rings. The Balaban J connectivity index is 3.72. The van der Waals surface area contributed by atoms with Gasteiger partial charge in [0, 0.05) is 5.92 Å². The minimum Gasteiger partial charge on any atom is -0.193 e. The summed E-state index contributed by atoms with van der Waals surface area (Å²) in [6.07, 6.45) is 12.5. The summed E-state index contributed by atoms with van der Waals surface area (Å²) in [4.78, 5) is 0. The zero-order valence-electron chi connectivity index (χ0n) is 16.4. The van der Waals surface area contributed by atoms with Crippen LogP contribution in [0.2, 0.25) is 0 Å². The van der Waals surface area contributed by atoms with E-state index < -0.39 is 11.3 Å². The standard InChI is InChI=1S/C24H10N8/c25-10-18(11-26)4-1-7-22-21(16-31)23(17-32)24(22,8-2-5-19(12-27)13-28)9-3-6-20(14-29)15-30/h1-9,22H. The van der Waals surface area contributed by atoms with Crippen molar-refractivity contribution in [2.45, 2.75) is 0 Å². The molecule has 32 heavy (non-hydrogen) atoms. The molecule has 0 saturated heterocycles. The van der Waals surface area contributed by atoms with Gasteiger partial charge in [-0.1, -0.05) is 36.5 Å². The lowest BCUT2D eigenvalue weighted by Crippen LogP contribution is -2.39. The van der Waals surface area contributed by atoms with Gasteiger partial charge in [0.15, 0.2) is 0 Å². The highest BCUT2D eigenvalue weighted by molar-refractivity contribution is 5.62. The molecule has 0 fully saturated rings. The van der Waals surface area contributed by atoms with Crippen LogP contribution in [0.1, 0.15) is 0 Å². The molecule has 0 aliphatic heterocycles. The van der Waals surface area contributed by atoms with E-state index >= 15 is 0 Å². The molecule has 0 N–H and O–H groups in total. The van der Waals surface area contributed by atoms with Crippen molar-refractivity contribution in [2.75, 3.05) is 0 Å². The van der Waals surface area contributed by atoms with Crippen molar-refractivity contribution >= 4 is 0 Å². The molecular weight excluding hydrogens is 400 g/mol. The maximum absolute atomic E-state index is 9.64. The first-order chi connectivity index (χ1) is 15.5. The smallest absolute Gasteiger partial charge is 0.129 e. The predicted molar refractivity (Wildman–Crippen MR) is 110 cm³/mol. The van der Waals surface area contributed by atoms with Crippen LogP contribution in [0.3, 0.4) is 0 Å². The Morgan fingerprint density at radius 3 is 1.34 bits per heavy atom. The molecule has 0 aromatic rings.